The first-order valence-corrected chi connectivity index (χ1v) is 6.18. The number of aromatic nitrogens is 1. The van der Waals surface area contributed by atoms with Crippen LogP contribution in [0.5, 0.6) is 0 Å². The number of nitrogens with zero attached hydrogens (tertiary/aromatic N) is 1. The van der Waals surface area contributed by atoms with Gasteiger partial charge in [-0.3, -0.25) is 9.78 Å². The number of pyridine rings is 1. The highest BCUT2D eigenvalue weighted by Crippen LogP contribution is 2.18. The SMILES string of the molecule is NCC(CC(=O)NCc1cccnc1)c1ccco1. The smallest absolute Gasteiger partial charge is 0.221 e. The van der Waals surface area contributed by atoms with Crippen molar-refractivity contribution in [1.82, 2.24) is 10.3 Å². The standard InChI is InChI=1S/C14H17N3O2/c15-8-12(13-4-2-6-19-13)7-14(18)17-10-11-3-1-5-16-9-11/h1-6,9,12H,7-8,10,15H2,(H,17,18). The minimum absolute atomic E-state index is 0.0456. The summed E-state index contributed by atoms with van der Waals surface area (Å²) < 4.78 is 5.28. The van der Waals surface area contributed by atoms with E-state index in [1.54, 1.807) is 24.7 Å². The third kappa shape index (κ3) is 3.93. The van der Waals surface area contributed by atoms with Crippen molar-refractivity contribution in [2.45, 2.75) is 18.9 Å². The molecule has 0 saturated heterocycles. The van der Waals surface area contributed by atoms with Crippen molar-refractivity contribution < 1.29 is 9.21 Å². The van der Waals surface area contributed by atoms with Crippen molar-refractivity contribution in [3.63, 3.8) is 0 Å². The third-order valence-corrected chi connectivity index (χ3v) is 2.87. The minimum Gasteiger partial charge on any atom is -0.469 e. The van der Waals surface area contributed by atoms with Gasteiger partial charge in [0.2, 0.25) is 5.91 Å². The van der Waals surface area contributed by atoms with Gasteiger partial charge >= 0.3 is 0 Å². The molecular weight excluding hydrogens is 242 g/mol. The highest BCUT2D eigenvalue weighted by Gasteiger charge is 2.16. The fourth-order valence-electron chi connectivity index (χ4n) is 1.82. The zero-order chi connectivity index (χ0) is 13.5. The molecule has 3 N–H and O–H groups in total. The lowest BCUT2D eigenvalue weighted by Gasteiger charge is -2.12. The second kappa shape index (κ2) is 6.70. The molecule has 2 aromatic rings. The quantitative estimate of drug-likeness (QED) is 0.822. The second-order valence-electron chi connectivity index (χ2n) is 4.29. The Labute approximate surface area is 111 Å². The summed E-state index contributed by atoms with van der Waals surface area (Å²) in [5.41, 5.74) is 6.64. The number of carbonyl (C=O) groups is 1. The zero-order valence-corrected chi connectivity index (χ0v) is 10.6. The van der Waals surface area contributed by atoms with Gasteiger partial charge < -0.3 is 15.5 Å². The molecule has 2 heterocycles. The summed E-state index contributed by atoms with van der Waals surface area (Å²) in [6.07, 6.45) is 5.34. The van der Waals surface area contributed by atoms with Gasteiger partial charge in [0, 0.05) is 37.8 Å². The number of nitrogens with two attached hydrogens (primary N) is 1. The van der Waals surface area contributed by atoms with E-state index in [0.717, 1.165) is 11.3 Å². The number of carbonyl (C=O) groups excluding carboxylic acids is 1. The Bertz CT molecular complexity index is 497. The molecule has 0 radical (unpaired) electrons. The Morgan fingerprint density at radius 1 is 1.42 bits per heavy atom. The first-order chi connectivity index (χ1) is 9.29. The lowest BCUT2D eigenvalue weighted by molar-refractivity contribution is -0.121. The van der Waals surface area contributed by atoms with Crippen molar-refractivity contribution in [2.24, 2.45) is 5.73 Å². The molecule has 0 aromatic carbocycles. The maximum atomic E-state index is 11.9. The number of nitrogens with one attached hydrogen (secondary N) is 1. The van der Waals surface area contributed by atoms with Crippen molar-refractivity contribution in [1.29, 1.82) is 0 Å². The van der Waals surface area contributed by atoms with Crippen molar-refractivity contribution >= 4 is 5.91 Å². The van der Waals surface area contributed by atoms with Crippen molar-refractivity contribution in [3.05, 3.63) is 54.2 Å². The van der Waals surface area contributed by atoms with Gasteiger partial charge in [-0.1, -0.05) is 6.07 Å². The van der Waals surface area contributed by atoms with Crippen molar-refractivity contribution in [2.75, 3.05) is 6.54 Å². The molecule has 5 nitrogen and oxygen atoms in total. The highest BCUT2D eigenvalue weighted by molar-refractivity contribution is 5.76. The zero-order valence-electron chi connectivity index (χ0n) is 10.6. The molecule has 0 aliphatic heterocycles. The molecule has 0 aliphatic rings. The van der Waals surface area contributed by atoms with Crippen LogP contribution in [0.25, 0.3) is 0 Å². The van der Waals surface area contributed by atoms with E-state index in [-0.39, 0.29) is 11.8 Å². The van der Waals surface area contributed by atoms with Gasteiger partial charge in [-0.05, 0) is 23.8 Å². The fraction of sp³-hybridized carbons (Fsp3) is 0.286. The van der Waals surface area contributed by atoms with E-state index >= 15 is 0 Å². The Kier molecular flexibility index (Phi) is 4.69. The van der Waals surface area contributed by atoms with Crippen LogP contribution >= 0.6 is 0 Å². The van der Waals surface area contributed by atoms with E-state index in [2.05, 4.69) is 10.3 Å². The Balaban J connectivity index is 1.84. The minimum atomic E-state index is -0.0797. The van der Waals surface area contributed by atoms with E-state index < -0.39 is 0 Å². The number of hydrogen-bond donors (Lipinski definition) is 2. The van der Waals surface area contributed by atoms with Gasteiger partial charge in [-0.2, -0.15) is 0 Å². The summed E-state index contributed by atoms with van der Waals surface area (Å²) in [5.74, 6) is 0.624. The number of hydrogen-bond acceptors (Lipinski definition) is 4. The molecule has 0 bridgehead atoms. The van der Waals surface area contributed by atoms with Gasteiger partial charge in [0.05, 0.1) is 6.26 Å². The van der Waals surface area contributed by atoms with E-state index in [0.29, 0.717) is 19.5 Å². The molecule has 19 heavy (non-hydrogen) atoms. The Morgan fingerprint density at radius 3 is 2.95 bits per heavy atom. The van der Waals surface area contributed by atoms with E-state index in [9.17, 15) is 4.79 Å². The van der Waals surface area contributed by atoms with Gasteiger partial charge in [0.1, 0.15) is 5.76 Å². The summed E-state index contributed by atoms with van der Waals surface area (Å²) >= 11 is 0. The molecule has 1 amide bonds. The maximum Gasteiger partial charge on any atom is 0.221 e. The number of amides is 1. The van der Waals surface area contributed by atoms with Gasteiger partial charge in [0.15, 0.2) is 0 Å². The highest BCUT2D eigenvalue weighted by atomic mass is 16.3. The molecule has 0 saturated carbocycles. The van der Waals surface area contributed by atoms with Crippen LogP contribution in [0.3, 0.4) is 0 Å². The molecule has 0 aliphatic carbocycles. The molecule has 100 valence electrons. The van der Waals surface area contributed by atoms with Crippen LogP contribution in [0.2, 0.25) is 0 Å². The molecule has 2 rings (SSSR count). The monoisotopic (exact) mass is 259 g/mol. The molecule has 1 atom stereocenters. The van der Waals surface area contributed by atoms with Gasteiger partial charge in [0.25, 0.3) is 0 Å². The van der Waals surface area contributed by atoms with Crippen LogP contribution in [-0.4, -0.2) is 17.4 Å². The van der Waals surface area contributed by atoms with E-state index in [4.69, 9.17) is 10.2 Å². The van der Waals surface area contributed by atoms with Gasteiger partial charge in [-0.25, -0.2) is 0 Å². The fourth-order valence-corrected chi connectivity index (χ4v) is 1.82. The van der Waals surface area contributed by atoms with Crippen LogP contribution in [0, 0.1) is 0 Å². The predicted molar refractivity (Wildman–Crippen MR) is 71.2 cm³/mol. The molecule has 2 aromatic heterocycles. The summed E-state index contributed by atoms with van der Waals surface area (Å²) in [6, 6.07) is 7.39. The van der Waals surface area contributed by atoms with Gasteiger partial charge in [-0.15, -0.1) is 0 Å². The predicted octanol–water partition coefficient (Wildman–Crippen LogP) is 1.42. The Hall–Kier alpha value is -2.14. The first kappa shape index (κ1) is 13.3. The summed E-state index contributed by atoms with van der Waals surface area (Å²) in [4.78, 5) is 15.8. The van der Waals surface area contributed by atoms with Crippen LogP contribution in [0.4, 0.5) is 0 Å². The summed E-state index contributed by atoms with van der Waals surface area (Å²) in [7, 11) is 0. The summed E-state index contributed by atoms with van der Waals surface area (Å²) in [5, 5.41) is 2.85. The molecule has 0 spiro atoms. The number of furan rings is 1. The Morgan fingerprint density at radius 2 is 2.32 bits per heavy atom. The van der Waals surface area contributed by atoms with Crippen LogP contribution in [-0.2, 0) is 11.3 Å². The van der Waals surface area contributed by atoms with Crippen LogP contribution in [0.1, 0.15) is 23.7 Å². The van der Waals surface area contributed by atoms with Crippen molar-refractivity contribution in [3.8, 4) is 0 Å². The van der Waals surface area contributed by atoms with E-state index in [1.807, 2.05) is 18.2 Å². The largest absolute Gasteiger partial charge is 0.469 e. The lowest BCUT2D eigenvalue weighted by atomic mass is 10.0. The van der Waals surface area contributed by atoms with Crippen LogP contribution < -0.4 is 11.1 Å². The molecular formula is C14H17N3O2. The normalized spacial score (nSPS) is 12.1. The van der Waals surface area contributed by atoms with E-state index in [1.165, 1.54) is 0 Å². The first-order valence-electron chi connectivity index (χ1n) is 6.18. The third-order valence-electron chi connectivity index (χ3n) is 2.87. The molecule has 1 unspecified atom stereocenters. The lowest BCUT2D eigenvalue weighted by Crippen LogP contribution is -2.26. The average Bonchev–Trinajstić information content (AvgIpc) is 2.97. The average molecular weight is 259 g/mol. The number of rotatable bonds is 6. The topological polar surface area (TPSA) is 81.2 Å². The van der Waals surface area contributed by atoms with Crippen LogP contribution in [0.15, 0.2) is 47.3 Å². The molecule has 0 fully saturated rings. The summed E-state index contributed by atoms with van der Waals surface area (Å²) in [6.45, 7) is 0.857. The molecule has 5 heteroatoms. The maximum absolute atomic E-state index is 11.9. The second-order valence-corrected chi connectivity index (χ2v) is 4.29.